The smallest absolute Gasteiger partial charge is 0.305 e. The molecule has 0 aliphatic rings. The number of nitrogens with one attached hydrogen (secondary N) is 1. The van der Waals surface area contributed by atoms with Crippen molar-refractivity contribution in [3.05, 3.63) is 37.5 Å². The molecule has 72 valence electrons. The van der Waals surface area contributed by atoms with Gasteiger partial charge in [-0.2, -0.15) is 0 Å². The van der Waals surface area contributed by atoms with Gasteiger partial charge in [-0.1, -0.05) is 11.3 Å². The van der Waals surface area contributed by atoms with E-state index in [9.17, 15) is 14.9 Å². The summed E-state index contributed by atoms with van der Waals surface area (Å²) in [5.74, 6) is 0. The number of aromatic amines is 1. The van der Waals surface area contributed by atoms with Crippen LogP contribution < -0.4 is 4.87 Å². The number of fused-ring (bicyclic) bond motifs is 1. The van der Waals surface area contributed by atoms with E-state index < -0.39 is 4.92 Å². The maximum absolute atomic E-state index is 11.0. The quantitative estimate of drug-likeness (QED) is 0.576. The highest BCUT2D eigenvalue weighted by Gasteiger charge is 2.15. The largest absolute Gasteiger partial charge is 0.312 e. The molecule has 0 aliphatic carbocycles. The van der Waals surface area contributed by atoms with Crippen molar-refractivity contribution in [2.45, 2.75) is 6.92 Å². The van der Waals surface area contributed by atoms with Gasteiger partial charge in [0, 0.05) is 6.07 Å². The van der Waals surface area contributed by atoms with E-state index in [0.29, 0.717) is 10.2 Å². The maximum atomic E-state index is 11.0. The fourth-order valence-corrected chi connectivity index (χ4v) is 2.12. The number of hydrogen-bond donors (Lipinski definition) is 1. The average molecular weight is 210 g/mol. The molecule has 2 rings (SSSR count). The molecule has 5 nitrogen and oxygen atoms in total. The van der Waals surface area contributed by atoms with Crippen molar-refractivity contribution < 1.29 is 4.92 Å². The van der Waals surface area contributed by atoms with Crippen molar-refractivity contribution in [2.75, 3.05) is 0 Å². The molecule has 14 heavy (non-hydrogen) atoms. The van der Waals surface area contributed by atoms with Crippen molar-refractivity contribution >= 4 is 27.2 Å². The first kappa shape index (κ1) is 8.89. The number of rotatable bonds is 1. The van der Waals surface area contributed by atoms with Crippen molar-refractivity contribution in [1.82, 2.24) is 4.98 Å². The van der Waals surface area contributed by atoms with Crippen LogP contribution in [0.25, 0.3) is 10.2 Å². The van der Waals surface area contributed by atoms with Gasteiger partial charge in [0.15, 0.2) is 0 Å². The summed E-state index contributed by atoms with van der Waals surface area (Å²) in [4.78, 5) is 23.5. The van der Waals surface area contributed by atoms with Gasteiger partial charge in [-0.3, -0.25) is 14.9 Å². The van der Waals surface area contributed by atoms with E-state index in [4.69, 9.17) is 0 Å². The summed E-state index contributed by atoms with van der Waals surface area (Å²) in [6.07, 6.45) is 0. The van der Waals surface area contributed by atoms with Crippen molar-refractivity contribution in [3.63, 3.8) is 0 Å². The number of thiazole rings is 1. The number of nitrogens with zero attached hydrogens (tertiary/aromatic N) is 1. The Hall–Kier alpha value is -1.69. The summed E-state index contributed by atoms with van der Waals surface area (Å²) in [6, 6.07) is 3.19. The van der Waals surface area contributed by atoms with E-state index in [-0.39, 0.29) is 10.6 Å². The van der Waals surface area contributed by atoms with Crippen LogP contribution in [0.15, 0.2) is 16.9 Å². The maximum Gasteiger partial charge on any atom is 0.305 e. The van der Waals surface area contributed by atoms with Gasteiger partial charge in [-0.05, 0) is 18.6 Å². The molecule has 1 aromatic carbocycles. The predicted molar refractivity (Wildman–Crippen MR) is 53.8 cm³/mol. The molecule has 0 bridgehead atoms. The topological polar surface area (TPSA) is 76.0 Å². The van der Waals surface area contributed by atoms with E-state index in [1.165, 1.54) is 6.07 Å². The lowest BCUT2D eigenvalue weighted by Crippen LogP contribution is -1.90. The van der Waals surface area contributed by atoms with Crippen molar-refractivity contribution in [3.8, 4) is 0 Å². The van der Waals surface area contributed by atoms with E-state index in [0.717, 1.165) is 16.9 Å². The minimum Gasteiger partial charge on any atom is -0.312 e. The Bertz CT molecular complexity index is 569. The zero-order valence-electron chi connectivity index (χ0n) is 7.23. The number of nitro groups is 1. The highest BCUT2D eigenvalue weighted by Crippen LogP contribution is 2.27. The Morgan fingerprint density at radius 1 is 1.50 bits per heavy atom. The fourth-order valence-electron chi connectivity index (χ4n) is 1.32. The molecule has 1 N–H and O–H groups in total. The molecule has 0 atom stereocenters. The highest BCUT2D eigenvalue weighted by molar-refractivity contribution is 7.17. The molecule has 1 heterocycles. The number of non-ortho nitro benzene ring substituents is 1. The van der Waals surface area contributed by atoms with Crippen LogP contribution in [-0.4, -0.2) is 9.91 Å². The summed E-state index contributed by atoms with van der Waals surface area (Å²) >= 11 is 0.863. The molecule has 0 aliphatic heterocycles. The van der Waals surface area contributed by atoms with Gasteiger partial charge in [-0.25, -0.2) is 0 Å². The number of nitro benzene ring substituents is 1. The van der Waals surface area contributed by atoms with Crippen molar-refractivity contribution in [1.29, 1.82) is 0 Å². The zero-order valence-corrected chi connectivity index (χ0v) is 8.05. The lowest BCUT2D eigenvalue weighted by molar-refractivity contribution is -0.382. The minimum atomic E-state index is -0.473. The third kappa shape index (κ3) is 1.29. The molecule has 2 aromatic rings. The van der Waals surface area contributed by atoms with Crippen LogP contribution in [0.1, 0.15) is 5.56 Å². The van der Waals surface area contributed by atoms with Crippen LogP contribution in [0, 0.1) is 17.0 Å². The zero-order chi connectivity index (χ0) is 10.3. The van der Waals surface area contributed by atoms with Gasteiger partial charge >= 0.3 is 4.87 Å². The lowest BCUT2D eigenvalue weighted by atomic mass is 10.2. The van der Waals surface area contributed by atoms with Crippen LogP contribution in [0.5, 0.6) is 0 Å². The number of H-pyrrole nitrogens is 1. The third-order valence-corrected chi connectivity index (χ3v) is 2.76. The lowest BCUT2D eigenvalue weighted by Gasteiger charge is -1.94. The fraction of sp³-hybridized carbons (Fsp3) is 0.125. The highest BCUT2D eigenvalue weighted by atomic mass is 32.1. The molecule has 0 radical (unpaired) electrons. The standard InChI is InChI=1S/C8H6N2O3S/c1-4-2-5-7(14-8(11)9-5)6(3-4)10(12)13/h2-3H,1H3,(H,9,11). The molecular formula is C8H6N2O3S. The first-order chi connectivity index (χ1) is 6.58. The first-order valence-corrected chi connectivity index (χ1v) is 4.67. The van der Waals surface area contributed by atoms with Gasteiger partial charge in [0.25, 0.3) is 5.69 Å². The molecule has 0 saturated carbocycles. The van der Waals surface area contributed by atoms with Gasteiger partial charge in [0.05, 0.1) is 10.4 Å². The summed E-state index contributed by atoms with van der Waals surface area (Å²) in [5, 5.41) is 10.7. The van der Waals surface area contributed by atoms with Crippen molar-refractivity contribution in [2.24, 2.45) is 0 Å². The molecule has 0 spiro atoms. The summed E-state index contributed by atoms with van der Waals surface area (Å²) < 4.78 is 0.408. The molecule has 6 heteroatoms. The van der Waals surface area contributed by atoms with E-state index in [2.05, 4.69) is 4.98 Å². The first-order valence-electron chi connectivity index (χ1n) is 3.86. The van der Waals surface area contributed by atoms with Crippen LogP contribution in [-0.2, 0) is 0 Å². The predicted octanol–water partition coefficient (Wildman–Crippen LogP) is 1.81. The number of benzene rings is 1. The normalized spacial score (nSPS) is 10.6. The van der Waals surface area contributed by atoms with E-state index >= 15 is 0 Å². The Labute approximate surface area is 82.2 Å². The summed E-state index contributed by atoms with van der Waals surface area (Å²) in [6.45, 7) is 1.75. The molecule has 1 aromatic heterocycles. The molecule has 0 saturated heterocycles. The van der Waals surface area contributed by atoms with E-state index in [1.54, 1.807) is 13.0 Å². The average Bonchev–Trinajstić information content (AvgIpc) is 2.42. The molecule has 0 amide bonds. The van der Waals surface area contributed by atoms with Gasteiger partial charge in [0.1, 0.15) is 4.70 Å². The van der Waals surface area contributed by atoms with Gasteiger partial charge in [-0.15, -0.1) is 0 Å². The van der Waals surface area contributed by atoms with Crippen LogP contribution >= 0.6 is 11.3 Å². The number of aromatic nitrogens is 1. The Morgan fingerprint density at radius 2 is 2.21 bits per heavy atom. The molecular weight excluding hydrogens is 204 g/mol. The number of aryl methyl sites for hydroxylation is 1. The molecule has 0 fully saturated rings. The summed E-state index contributed by atoms with van der Waals surface area (Å²) in [7, 11) is 0. The monoisotopic (exact) mass is 210 g/mol. The molecule has 0 unspecified atom stereocenters. The SMILES string of the molecule is Cc1cc([N+](=O)[O-])c2sc(=O)[nH]c2c1. The minimum absolute atomic E-state index is 0.0108. The van der Waals surface area contributed by atoms with E-state index in [1.807, 2.05) is 0 Å². The summed E-state index contributed by atoms with van der Waals surface area (Å²) in [5.41, 5.74) is 1.29. The van der Waals surface area contributed by atoms with Gasteiger partial charge in [0.2, 0.25) is 0 Å². The van der Waals surface area contributed by atoms with Crippen LogP contribution in [0.4, 0.5) is 5.69 Å². The number of hydrogen-bond acceptors (Lipinski definition) is 4. The second-order valence-electron chi connectivity index (χ2n) is 2.93. The Balaban J connectivity index is 2.92. The second-order valence-corrected chi connectivity index (χ2v) is 3.92. The Morgan fingerprint density at radius 3 is 2.86 bits per heavy atom. The Kier molecular flexibility index (Phi) is 1.85. The second kappa shape index (κ2) is 2.91. The van der Waals surface area contributed by atoms with Crippen LogP contribution in [0.3, 0.4) is 0 Å². The third-order valence-electron chi connectivity index (χ3n) is 1.84. The van der Waals surface area contributed by atoms with Gasteiger partial charge < -0.3 is 4.98 Å². The van der Waals surface area contributed by atoms with Crippen LogP contribution in [0.2, 0.25) is 0 Å².